The topological polar surface area (TPSA) is 29.9 Å². The molecule has 1 saturated heterocycles. The van der Waals surface area contributed by atoms with Crippen LogP contribution in [-0.4, -0.2) is 22.9 Å². The van der Waals surface area contributed by atoms with Crippen molar-refractivity contribution in [3.63, 3.8) is 0 Å². The van der Waals surface area contributed by atoms with Crippen LogP contribution in [0.15, 0.2) is 6.20 Å². The molecular formula is C11H17N3. The minimum absolute atomic E-state index is 0.432. The van der Waals surface area contributed by atoms with Gasteiger partial charge in [0, 0.05) is 18.7 Å². The third-order valence-electron chi connectivity index (χ3n) is 3.84. The lowest BCUT2D eigenvalue weighted by Crippen LogP contribution is -2.38. The van der Waals surface area contributed by atoms with Crippen molar-refractivity contribution in [2.24, 2.45) is 7.05 Å². The van der Waals surface area contributed by atoms with Crippen molar-refractivity contribution >= 4 is 0 Å². The van der Waals surface area contributed by atoms with Crippen LogP contribution in [0, 0.1) is 0 Å². The Hall–Kier alpha value is -0.830. The summed E-state index contributed by atoms with van der Waals surface area (Å²) in [6.07, 6.45) is 7.32. The molecule has 2 heterocycles. The second-order valence-corrected chi connectivity index (χ2v) is 4.71. The van der Waals surface area contributed by atoms with Gasteiger partial charge in [-0.2, -0.15) is 5.10 Å². The summed E-state index contributed by atoms with van der Waals surface area (Å²) in [6.45, 7) is 2.33. The number of fused-ring (bicyclic) bond motifs is 2. The highest BCUT2D eigenvalue weighted by Crippen LogP contribution is 2.43. The molecule has 1 aliphatic carbocycles. The van der Waals surface area contributed by atoms with Crippen LogP contribution in [0.25, 0.3) is 0 Å². The highest BCUT2D eigenvalue weighted by molar-refractivity contribution is 5.33. The third kappa shape index (κ3) is 1.05. The first-order chi connectivity index (χ1) is 6.80. The van der Waals surface area contributed by atoms with E-state index in [2.05, 4.69) is 16.6 Å². The summed E-state index contributed by atoms with van der Waals surface area (Å²) in [5, 5.41) is 8.10. The lowest BCUT2D eigenvalue weighted by atomic mass is 9.77. The number of hydrogen-bond donors (Lipinski definition) is 1. The van der Waals surface area contributed by atoms with Gasteiger partial charge in [0.05, 0.1) is 5.69 Å². The van der Waals surface area contributed by atoms with Gasteiger partial charge in [0.15, 0.2) is 0 Å². The fourth-order valence-corrected chi connectivity index (χ4v) is 3.05. The van der Waals surface area contributed by atoms with Gasteiger partial charge in [0.2, 0.25) is 0 Å². The van der Waals surface area contributed by atoms with Crippen molar-refractivity contribution in [1.82, 2.24) is 15.1 Å². The first-order valence-electron chi connectivity index (χ1n) is 5.54. The van der Waals surface area contributed by atoms with E-state index < -0.39 is 0 Å². The molecular weight excluding hydrogens is 174 g/mol. The molecule has 0 atom stereocenters. The third-order valence-corrected chi connectivity index (χ3v) is 3.84. The second-order valence-electron chi connectivity index (χ2n) is 4.71. The van der Waals surface area contributed by atoms with Gasteiger partial charge in [-0.25, -0.2) is 0 Å². The Balaban J connectivity index is 2.01. The summed E-state index contributed by atoms with van der Waals surface area (Å²) in [7, 11) is 2.03. The smallest absolute Gasteiger partial charge is 0.0719 e. The highest BCUT2D eigenvalue weighted by Gasteiger charge is 2.41. The predicted molar refractivity (Wildman–Crippen MR) is 55.3 cm³/mol. The average Bonchev–Trinajstić information content (AvgIpc) is 2.70. The molecule has 0 amide bonds. The van der Waals surface area contributed by atoms with Crippen LogP contribution >= 0.6 is 0 Å². The molecule has 1 spiro atoms. The van der Waals surface area contributed by atoms with Crippen LogP contribution < -0.4 is 5.32 Å². The van der Waals surface area contributed by atoms with Gasteiger partial charge in [-0.1, -0.05) is 0 Å². The standard InChI is InChI=1S/C11H17N3/c1-14-8-9-2-3-11(10(9)13-14)4-6-12-7-5-11/h8,12H,2-7H2,1H3. The Kier molecular flexibility index (Phi) is 1.71. The van der Waals surface area contributed by atoms with E-state index in [-0.39, 0.29) is 0 Å². The number of rotatable bonds is 0. The summed E-state index contributed by atoms with van der Waals surface area (Å²) in [5.74, 6) is 0. The largest absolute Gasteiger partial charge is 0.317 e. The molecule has 1 fully saturated rings. The lowest BCUT2D eigenvalue weighted by molar-refractivity contribution is 0.297. The van der Waals surface area contributed by atoms with Gasteiger partial charge in [-0.3, -0.25) is 4.68 Å². The minimum atomic E-state index is 0.432. The molecule has 76 valence electrons. The van der Waals surface area contributed by atoms with Gasteiger partial charge >= 0.3 is 0 Å². The zero-order valence-corrected chi connectivity index (χ0v) is 8.71. The maximum atomic E-state index is 4.66. The van der Waals surface area contributed by atoms with Crippen molar-refractivity contribution in [3.05, 3.63) is 17.5 Å². The molecule has 0 radical (unpaired) electrons. The van der Waals surface area contributed by atoms with Crippen LogP contribution in [0.4, 0.5) is 0 Å². The Morgan fingerprint density at radius 2 is 2.14 bits per heavy atom. The van der Waals surface area contributed by atoms with E-state index in [1.165, 1.54) is 36.9 Å². The number of nitrogens with one attached hydrogen (secondary N) is 1. The lowest BCUT2D eigenvalue weighted by Gasteiger charge is -2.33. The molecule has 2 aliphatic rings. The molecule has 0 unspecified atom stereocenters. The SMILES string of the molecule is Cn1cc2c(n1)C1(CCNCC1)CC2. The number of aryl methyl sites for hydroxylation is 2. The second kappa shape index (κ2) is 2.83. The molecule has 3 heteroatoms. The van der Waals surface area contributed by atoms with E-state index in [4.69, 9.17) is 0 Å². The maximum Gasteiger partial charge on any atom is 0.0719 e. The van der Waals surface area contributed by atoms with Gasteiger partial charge in [-0.15, -0.1) is 0 Å². The van der Waals surface area contributed by atoms with E-state index in [1.54, 1.807) is 0 Å². The molecule has 0 aromatic carbocycles. The Bertz CT molecular complexity index is 347. The van der Waals surface area contributed by atoms with Crippen LogP contribution in [0.1, 0.15) is 30.5 Å². The van der Waals surface area contributed by atoms with Crippen LogP contribution in [0.2, 0.25) is 0 Å². The Morgan fingerprint density at radius 1 is 1.36 bits per heavy atom. The molecule has 3 nitrogen and oxygen atoms in total. The van der Waals surface area contributed by atoms with Gasteiger partial charge in [0.25, 0.3) is 0 Å². The summed E-state index contributed by atoms with van der Waals surface area (Å²) < 4.78 is 1.98. The van der Waals surface area contributed by atoms with E-state index in [0.29, 0.717) is 5.41 Å². The first kappa shape index (κ1) is 8.48. The molecule has 1 aromatic rings. The Labute approximate surface area is 84.5 Å². The molecule has 3 rings (SSSR count). The van der Waals surface area contributed by atoms with Gasteiger partial charge in [-0.05, 0) is 44.3 Å². The van der Waals surface area contributed by atoms with E-state index in [9.17, 15) is 0 Å². The van der Waals surface area contributed by atoms with Crippen LogP contribution in [-0.2, 0) is 18.9 Å². The minimum Gasteiger partial charge on any atom is -0.317 e. The molecule has 14 heavy (non-hydrogen) atoms. The first-order valence-corrected chi connectivity index (χ1v) is 5.54. The van der Waals surface area contributed by atoms with Gasteiger partial charge < -0.3 is 5.32 Å². The average molecular weight is 191 g/mol. The van der Waals surface area contributed by atoms with Crippen molar-refractivity contribution < 1.29 is 0 Å². The summed E-state index contributed by atoms with van der Waals surface area (Å²) in [4.78, 5) is 0. The van der Waals surface area contributed by atoms with Crippen molar-refractivity contribution in [2.75, 3.05) is 13.1 Å². The van der Waals surface area contributed by atoms with E-state index in [0.717, 1.165) is 13.1 Å². The molecule has 0 saturated carbocycles. The van der Waals surface area contributed by atoms with E-state index in [1.807, 2.05) is 11.7 Å². The van der Waals surface area contributed by atoms with Crippen LogP contribution in [0.3, 0.4) is 0 Å². The zero-order valence-electron chi connectivity index (χ0n) is 8.71. The molecule has 1 aromatic heterocycles. The van der Waals surface area contributed by atoms with Crippen molar-refractivity contribution in [3.8, 4) is 0 Å². The molecule has 1 N–H and O–H groups in total. The quantitative estimate of drug-likeness (QED) is 0.662. The van der Waals surface area contributed by atoms with Crippen molar-refractivity contribution in [1.29, 1.82) is 0 Å². The zero-order chi connectivity index (χ0) is 9.60. The summed E-state index contributed by atoms with van der Waals surface area (Å²) in [5.41, 5.74) is 3.33. The predicted octanol–water partition coefficient (Wildman–Crippen LogP) is 0.987. The Morgan fingerprint density at radius 3 is 2.93 bits per heavy atom. The fourth-order valence-electron chi connectivity index (χ4n) is 3.05. The number of hydrogen-bond acceptors (Lipinski definition) is 2. The van der Waals surface area contributed by atoms with Crippen molar-refractivity contribution in [2.45, 2.75) is 31.1 Å². The maximum absolute atomic E-state index is 4.66. The highest BCUT2D eigenvalue weighted by atomic mass is 15.3. The monoisotopic (exact) mass is 191 g/mol. The normalized spacial score (nSPS) is 24.1. The number of piperidine rings is 1. The summed E-state index contributed by atoms with van der Waals surface area (Å²) >= 11 is 0. The summed E-state index contributed by atoms with van der Waals surface area (Å²) in [6, 6.07) is 0. The van der Waals surface area contributed by atoms with Crippen LogP contribution in [0.5, 0.6) is 0 Å². The number of aromatic nitrogens is 2. The fraction of sp³-hybridized carbons (Fsp3) is 0.727. The van der Waals surface area contributed by atoms with Gasteiger partial charge in [0.1, 0.15) is 0 Å². The number of nitrogens with zero attached hydrogens (tertiary/aromatic N) is 2. The molecule has 1 aliphatic heterocycles. The molecule has 0 bridgehead atoms. The van der Waals surface area contributed by atoms with E-state index >= 15 is 0 Å².